The first-order chi connectivity index (χ1) is 8.85. The van der Waals surface area contributed by atoms with Crippen molar-refractivity contribution in [2.45, 2.75) is 26.4 Å². The number of nitrogens with zero attached hydrogens (tertiary/aromatic N) is 1. The molecule has 0 atom stereocenters. The molecule has 0 saturated carbocycles. The lowest BCUT2D eigenvalue weighted by Gasteiger charge is -2.13. The summed E-state index contributed by atoms with van der Waals surface area (Å²) in [6.45, 7) is 3.19. The summed E-state index contributed by atoms with van der Waals surface area (Å²) in [4.78, 5) is 11.6. The number of hydrogen-bond donors (Lipinski definition) is 0. The number of carbonyl (C=O) groups excluding carboxylic acids is 1. The van der Waals surface area contributed by atoms with Crippen LogP contribution in [0, 0.1) is 11.3 Å². The van der Waals surface area contributed by atoms with Crippen molar-refractivity contribution in [1.29, 1.82) is 5.26 Å². The van der Waals surface area contributed by atoms with E-state index in [1.165, 1.54) is 6.92 Å². The van der Waals surface area contributed by atoms with Crippen LogP contribution in [-0.4, -0.2) is 12.6 Å². The Morgan fingerprint density at radius 3 is 2.42 bits per heavy atom. The number of halogens is 3. The number of ether oxygens (including phenoxy) is 1. The van der Waals surface area contributed by atoms with E-state index in [1.807, 2.05) is 0 Å². The minimum Gasteiger partial charge on any atom is -0.462 e. The fourth-order valence-corrected chi connectivity index (χ4v) is 1.65. The molecule has 0 heterocycles. The zero-order valence-electron chi connectivity index (χ0n) is 10.5. The molecule has 0 aliphatic rings. The van der Waals surface area contributed by atoms with Gasteiger partial charge in [0.05, 0.1) is 23.3 Å². The molecule has 3 nitrogen and oxygen atoms in total. The predicted molar refractivity (Wildman–Crippen MR) is 61.5 cm³/mol. The van der Waals surface area contributed by atoms with Crippen molar-refractivity contribution >= 4 is 5.97 Å². The second kappa shape index (κ2) is 5.74. The summed E-state index contributed by atoms with van der Waals surface area (Å²) in [5.41, 5.74) is -1.17. The van der Waals surface area contributed by atoms with Gasteiger partial charge in [-0.25, -0.2) is 4.79 Å². The lowest BCUT2D eigenvalue weighted by atomic mass is 9.96. The zero-order valence-corrected chi connectivity index (χ0v) is 10.5. The summed E-state index contributed by atoms with van der Waals surface area (Å²) < 4.78 is 42.9. The van der Waals surface area contributed by atoms with Gasteiger partial charge in [0.1, 0.15) is 6.07 Å². The standard InChI is InChI=1S/C13H12F3NO2/c1-3-8-5-9(13(14,15)16)6-10(11(8)7-17)12(18)19-4-2/h5-6H,3-4H2,1-2H3. The maximum absolute atomic E-state index is 12.7. The topological polar surface area (TPSA) is 50.1 Å². The summed E-state index contributed by atoms with van der Waals surface area (Å²) in [5, 5.41) is 9.00. The lowest BCUT2D eigenvalue weighted by Crippen LogP contribution is -2.13. The quantitative estimate of drug-likeness (QED) is 0.792. The summed E-state index contributed by atoms with van der Waals surface area (Å²) in [5.74, 6) is -0.917. The minimum atomic E-state index is -4.57. The summed E-state index contributed by atoms with van der Waals surface area (Å²) >= 11 is 0. The molecular formula is C13H12F3NO2. The van der Waals surface area contributed by atoms with E-state index in [2.05, 4.69) is 4.74 Å². The third-order valence-electron chi connectivity index (χ3n) is 2.54. The number of nitriles is 1. The predicted octanol–water partition coefficient (Wildman–Crippen LogP) is 3.32. The Morgan fingerprint density at radius 2 is 2.00 bits per heavy atom. The van der Waals surface area contributed by atoms with Gasteiger partial charge >= 0.3 is 12.1 Å². The second-order valence-electron chi connectivity index (χ2n) is 3.74. The number of rotatable bonds is 3. The highest BCUT2D eigenvalue weighted by Gasteiger charge is 2.33. The van der Waals surface area contributed by atoms with Crippen molar-refractivity contribution in [2.75, 3.05) is 6.61 Å². The molecule has 6 heteroatoms. The van der Waals surface area contributed by atoms with Crippen molar-refractivity contribution in [1.82, 2.24) is 0 Å². The van der Waals surface area contributed by atoms with Crippen LogP contribution in [0.1, 0.15) is 40.9 Å². The first-order valence-corrected chi connectivity index (χ1v) is 5.66. The molecule has 0 spiro atoms. The number of alkyl halides is 3. The van der Waals surface area contributed by atoms with Crippen LogP contribution in [0.15, 0.2) is 12.1 Å². The Kier molecular flexibility index (Phi) is 4.54. The van der Waals surface area contributed by atoms with Gasteiger partial charge in [-0.2, -0.15) is 18.4 Å². The molecule has 1 aromatic rings. The number of hydrogen-bond acceptors (Lipinski definition) is 3. The van der Waals surface area contributed by atoms with Crippen LogP contribution in [0.3, 0.4) is 0 Å². The van der Waals surface area contributed by atoms with Crippen molar-refractivity contribution in [3.05, 3.63) is 34.4 Å². The van der Waals surface area contributed by atoms with Crippen molar-refractivity contribution in [3.8, 4) is 6.07 Å². The number of benzene rings is 1. The molecule has 0 bridgehead atoms. The van der Waals surface area contributed by atoms with Crippen LogP contribution in [-0.2, 0) is 17.3 Å². The summed E-state index contributed by atoms with van der Waals surface area (Å²) in [6, 6.07) is 3.32. The fourth-order valence-electron chi connectivity index (χ4n) is 1.65. The smallest absolute Gasteiger partial charge is 0.416 e. The highest BCUT2D eigenvalue weighted by Crippen LogP contribution is 2.32. The Morgan fingerprint density at radius 1 is 1.37 bits per heavy atom. The van der Waals surface area contributed by atoms with Gasteiger partial charge in [-0.15, -0.1) is 0 Å². The van der Waals surface area contributed by atoms with E-state index in [0.29, 0.717) is 6.07 Å². The van der Waals surface area contributed by atoms with E-state index < -0.39 is 17.7 Å². The van der Waals surface area contributed by atoms with Crippen molar-refractivity contribution in [3.63, 3.8) is 0 Å². The third kappa shape index (κ3) is 3.25. The molecule has 0 aliphatic carbocycles. The SMILES string of the molecule is CCOC(=O)c1cc(C(F)(F)F)cc(CC)c1C#N. The molecule has 0 amide bonds. The normalized spacial score (nSPS) is 10.9. The van der Waals surface area contributed by atoms with Crippen molar-refractivity contribution in [2.24, 2.45) is 0 Å². The van der Waals surface area contributed by atoms with Gasteiger partial charge in [-0.1, -0.05) is 6.92 Å². The van der Waals surface area contributed by atoms with Gasteiger partial charge in [-0.05, 0) is 31.0 Å². The van der Waals surface area contributed by atoms with E-state index in [9.17, 15) is 18.0 Å². The lowest BCUT2D eigenvalue weighted by molar-refractivity contribution is -0.137. The van der Waals surface area contributed by atoms with Gasteiger partial charge in [0.2, 0.25) is 0 Å². The second-order valence-corrected chi connectivity index (χ2v) is 3.74. The van der Waals surface area contributed by atoms with Gasteiger partial charge in [-0.3, -0.25) is 0 Å². The number of carbonyl (C=O) groups is 1. The Balaban J connectivity index is 3.50. The highest BCUT2D eigenvalue weighted by molar-refractivity contribution is 5.93. The molecule has 0 radical (unpaired) electrons. The van der Waals surface area contributed by atoms with Gasteiger partial charge in [0, 0.05) is 0 Å². The van der Waals surface area contributed by atoms with Gasteiger partial charge in [0.25, 0.3) is 0 Å². The molecular weight excluding hydrogens is 259 g/mol. The maximum atomic E-state index is 12.7. The molecule has 1 rings (SSSR count). The van der Waals surface area contributed by atoms with Crippen LogP contribution in [0.5, 0.6) is 0 Å². The molecule has 1 aromatic carbocycles. The first kappa shape index (κ1) is 15.0. The molecule has 0 N–H and O–H groups in total. The van der Waals surface area contributed by atoms with E-state index in [-0.39, 0.29) is 29.7 Å². The number of esters is 1. The Labute approximate surface area is 108 Å². The molecule has 102 valence electrons. The average Bonchev–Trinajstić information content (AvgIpc) is 2.36. The maximum Gasteiger partial charge on any atom is 0.416 e. The van der Waals surface area contributed by atoms with Gasteiger partial charge < -0.3 is 4.74 Å². The van der Waals surface area contributed by atoms with Crippen LogP contribution in [0.4, 0.5) is 13.2 Å². The van der Waals surface area contributed by atoms with Crippen LogP contribution in [0.2, 0.25) is 0 Å². The average molecular weight is 271 g/mol. The van der Waals surface area contributed by atoms with Gasteiger partial charge in [0.15, 0.2) is 0 Å². The zero-order chi connectivity index (χ0) is 14.6. The van der Waals surface area contributed by atoms with E-state index in [1.54, 1.807) is 13.0 Å². The Bertz CT molecular complexity index is 530. The largest absolute Gasteiger partial charge is 0.462 e. The van der Waals surface area contributed by atoms with Crippen LogP contribution < -0.4 is 0 Å². The molecule has 0 aliphatic heterocycles. The molecule has 0 aromatic heterocycles. The van der Waals surface area contributed by atoms with E-state index in [0.717, 1.165) is 6.07 Å². The first-order valence-electron chi connectivity index (χ1n) is 5.66. The molecule has 0 unspecified atom stereocenters. The summed E-state index contributed by atoms with van der Waals surface area (Å²) in [7, 11) is 0. The third-order valence-corrected chi connectivity index (χ3v) is 2.54. The van der Waals surface area contributed by atoms with E-state index >= 15 is 0 Å². The molecule has 19 heavy (non-hydrogen) atoms. The van der Waals surface area contributed by atoms with Crippen LogP contribution in [0.25, 0.3) is 0 Å². The molecule has 0 fully saturated rings. The van der Waals surface area contributed by atoms with E-state index in [4.69, 9.17) is 5.26 Å². The highest BCUT2D eigenvalue weighted by atomic mass is 19.4. The summed E-state index contributed by atoms with van der Waals surface area (Å²) in [6.07, 6.45) is -4.35. The minimum absolute atomic E-state index is 0.0292. The number of aryl methyl sites for hydroxylation is 1. The Hall–Kier alpha value is -2.03. The monoisotopic (exact) mass is 271 g/mol. The fraction of sp³-hybridized carbons (Fsp3) is 0.385. The van der Waals surface area contributed by atoms with Crippen molar-refractivity contribution < 1.29 is 22.7 Å². The molecule has 0 saturated heterocycles. The van der Waals surface area contributed by atoms with Crippen LogP contribution >= 0.6 is 0 Å².